The van der Waals surface area contributed by atoms with E-state index < -0.39 is 12.0 Å². The van der Waals surface area contributed by atoms with Crippen LogP contribution >= 0.6 is 0 Å². The minimum Gasteiger partial charge on any atom is -0.480 e. The van der Waals surface area contributed by atoms with E-state index in [0.29, 0.717) is 5.57 Å². The Morgan fingerprint density at radius 3 is 2.33 bits per heavy atom. The highest BCUT2D eigenvalue weighted by Gasteiger charge is 2.11. The van der Waals surface area contributed by atoms with E-state index in [4.69, 9.17) is 10.8 Å². The second-order valence-electron chi connectivity index (χ2n) is 2.48. The summed E-state index contributed by atoms with van der Waals surface area (Å²) < 4.78 is 12.2. The number of carboxylic acid groups (broad SMARTS) is 1. The lowest BCUT2D eigenvalue weighted by Crippen LogP contribution is -2.31. The smallest absolute Gasteiger partial charge is 0.324 e. The molecular weight excluding hydrogens is 161 g/mol. The fourth-order valence-electron chi connectivity index (χ4n) is 0.545. The van der Waals surface area contributed by atoms with E-state index in [1.54, 1.807) is 0 Å². The zero-order chi connectivity index (χ0) is 9.72. The zero-order valence-corrected chi connectivity index (χ0v) is 7.04. The Hall–Kier alpha value is -1.16. The quantitative estimate of drug-likeness (QED) is 0.630. The fraction of sp³-hybridized carbons (Fsp3) is 0.375. The fourth-order valence-corrected chi connectivity index (χ4v) is 0.545. The molecule has 12 heavy (non-hydrogen) atoms. The lowest BCUT2D eigenvalue weighted by atomic mass is 10.1. The SMILES string of the molecule is C/C(=C/C=C(\C)F)C(N)C(=O)O. The van der Waals surface area contributed by atoms with Gasteiger partial charge in [0.1, 0.15) is 6.04 Å². The molecule has 0 aliphatic heterocycles. The molecule has 4 heteroatoms. The van der Waals surface area contributed by atoms with Gasteiger partial charge in [-0.1, -0.05) is 6.08 Å². The van der Waals surface area contributed by atoms with Crippen molar-refractivity contribution in [3.63, 3.8) is 0 Å². The Bertz CT molecular complexity index is 229. The number of allylic oxidation sites excluding steroid dienone is 3. The van der Waals surface area contributed by atoms with Gasteiger partial charge in [0.15, 0.2) is 0 Å². The summed E-state index contributed by atoms with van der Waals surface area (Å²) in [5.41, 5.74) is 5.64. The number of hydrogen-bond donors (Lipinski definition) is 2. The Kier molecular flexibility index (Phi) is 4.21. The zero-order valence-electron chi connectivity index (χ0n) is 7.04. The summed E-state index contributed by atoms with van der Waals surface area (Å²) >= 11 is 0. The van der Waals surface area contributed by atoms with Gasteiger partial charge in [-0.2, -0.15) is 0 Å². The highest BCUT2D eigenvalue weighted by atomic mass is 19.1. The topological polar surface area (TPSA) is 63.3 Å². The van der Waals surface area contributed by atoms with Crippen molar-refractivity contribution in [2.45, 2.75) is 19.9 Å². The Balaban J connectivity index is 4.38. The standard InChI is InChI=1S/C8H12FNO2/c1-5(3-4-6(2)9)7(10)8(11)12/h3-4,7H,10H2,1-2H3,(H,11,12)/b5-3-,6-4+. The first-order valence-electron chi connectivity index (χ1n) is 3.44. The summed E-state index contributed by atoms with van der Waals surface area (Å²) in [6.07, 6.45) is 2.53. The van der Waals surface area contributed by atoms with Gasteiger partial charge in [-0.25, -0.2) is 4.39 Å². The molecule has 0 fully saturated rings. The molecule has 0 aliphatic rings. The van der Waals surface area contributed by atoms with Crippen molar-refractivity contribution in [3.8, 4) is 0 Å². The van der Waals surface area contributed by atoms with Crippen LogP contribution in [0.25, 0.3) is 0 Å². The molecule has 1 unspecified atom stereocenters. The maximum Gasteiger partial charge on any atom is 0.324 e. The molecule has 0 heterocycles. The van der Waals surface area contributed by atoms with Gasteiger partial charge in [0.2, 0.25) is 0 Å². The molecule has 0 saturated heterocycles. The first kappa shape index (κ1) is 10.8. The number of rotatable bonds is 3. The maximum atomic E-state index is 12.2. The Morgan fingerprint density at radius 1 is 1.50 bits per heavy atom. The molecule has 0 bridgehead atoms. The van der Waals surface area contributed by atoms with Crippen LogP contribution in [-0.2, 0) is 4.79 Å². The lowest BCUT2D eigenvalue weighted by molar-refractivity contribution is -0.137. The predicted octanol–water partition coefficient (Wildman–Crippen LogP) is 1.22. The molecule has 0 aromatic carbocycles. The van der Waals surface area contributed by atoms with Crippen LogP contribution in [0.2, 0.25) is 0 Å². The van der Waals surface area contributed by atoms with Crippen LogP contribution in [0, 0.1) is 0 Å². The van der Waals surface area contributed by atoms with Crippen LogP contribution in [-0.4, -0.2) is 17.1 Å². The van der Waals surface area contributed by atoms with E-state index in [2.05, 4.69) is 0 Å². The molecule has 0 spiro atoms. The van der Waals surface area contributed by atoms with E-state index in [1.807, 2.05) is 0 Å². The third-order valence-electron chi connectivity index (χ3n) is 1.33. The van der Waals surface area contributed by atoms with E-state index in [9.17, 15) is 9.18 Å². The van der Waals surface area contributed by atoms with Gasteiger partial charge < -0.3 is 10.8 Å². The van der Waals surface area contributed by atoms with Gasteiger partial charge in [-0.05, 0) is 25.5 Å². The first-order chi connectivity index (χ1) is 5.45. The summed E-state index contributed by atoms with van der Waals surface area (Å²) in [4.78, 5) is 10.3. The van der Waals surface area contributed by atoms with Crippen LogP contribution in [0.15, 0.2) is 23.6 Å². The Morgan fingerprint density at radius 2 is 2.00 bits per heavy atom. The van der Waals surface area contributed by atoms with Crippen molar-refractivity contribution in [1.82, 2.24) is 0 Å². The molecule has 3 N–H and O–H groups in total. The van der Waals surface area contributed by atoms with Crippen molar-refractivity contribution in [3.05, 3.63) is 23.6 Å². The van der Waals surface area contributed by atoms with E-state index in [0.717, 1.165) is 0 Å². The van der Waals surface area contributed by atoms with Crippen LogP contribution in [0.3, 0.4) is 0 Å². The summed E-state index contributed by atoms with van der Waals surface area (Å²) in [6, 6.07) is -1.06. The summed E-state index contributed by atoms with van der Waals surface area (Å²) in [6.45, 7) is 2.81. The van der Waals surface area contributed by atoms with Gasteiger partial charge in [-0.15, -0.1) is 0 Å². The van der Waals surface area contributed by atoms with Crippen LogP contribution < -0.4 is 5.73 Å². The largest absolute Gasteiger partial charge is 0.480 e. The number of nitrogens with two attached hydrogens (primary N) is 1. The van der Waals surface area contributed by atoms with Gasteiger partial charge in [0.05, 0.1) is 5.83 Å². The summed E-state index contributed by atoms with van der Waals surface area (Å²) in [5.74, 6) is -1.50. The number of carboxylic acids is 1. The van der Waals surface area contributed by atoms with Crippen LogP contribution in [0.1, 0.15) is 13.8 Å². The second-order valence-corrected chi connectivity index (χ2v) is 2.48. The minimum atomic E-state index is -1.12. The van der Waals surface area contributed by atoms with E-state index in [1.165, 1.54) is 26.0 Å². The van der Waals surface area contributed by atoms with E-state index >= 15 is 0 Å². The molecule has 0 amide bonds. The summed E-state index contributed by atoms with van der Waals surface area (Å²) in [5, 5.41) is 8.44. The van der Waals surface area contributed by atoms with Gasteiger partial charge >= 0.3 is 5.97 Å². The Labute approximate surface area is 70.4 Å². The molecule has 0 radical (unpaired) electrons. The van der Waals surface area contributed by atoms with Crippen molar-refractivity contribution in [2.75, 3.05) is 0 Å². The van der Waals surface area contributed by atoms with Gasteiger partial charge in [0.25, 0.3) is 0 Å². The number of hydrogen-bond acceptors (Lipinski definition) is 2. The molecule has 0 rings (SSSR count). The van der Waals surface area contributed by atoms with E-state index in [-0.39, 0.29) is 5.83 Å². The van der Waals surface area contributed by atoms with Gasteiger partial charge in [0, 0.05) is 0 Å². The average molecular weight is 173 g/mol. The predicted molar refractivity (Wildman–Crippen MR) is 44.2 cm³/mol. The van der Waals surface area contributed by atoms with Crippen molar-refractivity contribution >= 4 is 5.97 Å². The average Bonchev–Trinajstić information content (AvgIpc) is 1.98. The minimum absolute atomic E-state index is 0.382. The van der Waals surface area contributed by atoms with Crippen molar-refractivity contribution < 1.29 is 14.3 Å². The molecule has 0 saturated carbocycles. The third kappa shape index (κ3) is 3.88. The monoisotopic (exact) mass is 173 g/mol. The van der Waals surface area contributed by atoms with Crippen molar-refractivity contribution in [2.24, 2.45) is 5.73 Å². The summed E-state index contributed by atoms with van der Waals surface area (Å²) in [7, 11) is 0. The van der Waals surface area contributed by atoms with Crippen LogP contribution in [0.5, 0.6) is 0 Å². The molecule has 1 atom stereocenters. The third-order valence-corrected chi connectivity index (χ3v) is 1.33. The molecule has 0 aromatic rings. The highest BCUT2D eigenvalue weighted by molar-refractivity contribution is 5.76. The molecule has 68 valence electrons. The second kappa shape index (κ2) is 4.66. The van der Waals surface area contributed by atoms with Crippen molar-refractivity contribution in [1.29, 1.82) is 0 Å². The van der Waals surface area contributed by atoms with Crippen LogP contribution in [0.4, 0.5) is 4.39 Å². The molecule has 0 aliphatic carbocycles. The highest BCUT2D eigenvalue weighted by Crippen LogP contribution is 2.01. The number of carbonyl (C=O) groups is 1. The lowest BCUT2D eigenvalue weighted by Gasteiger charge is -2.04. The number of halogens is 1. The maximum absolute atomic E-state index is 12.2. The first-order valence-corrected chi connectivity index (χ1v) is 3.44. The molecule has 0 aromatic heterocycles. The molecule has 3 nitrogen and oxygen atoms in total. The normalized spacial score (nSPS) is 16.0. The van der Waals surface area contributed by atoms with Gasteiger partial charge in [-0.3, -0.25) is 4.79 Å². The number of aliphatic carboxylic acids is 1. The molecular formula is C8H12FNO2.